The number of hydrogen-bond acceptors (Lipinski definition) is 4. The number of benzene rings is 1. The lowest BCUT2D eigenvalue weighted by Gasteiger charge is -2.26. The highest BCUT2D eigenvalue weighted by molar-refractivity contribution is 6.09. The normalized spacial score (nSPS) is 18.3. The van der Waals surface area contributed by atoms with Gasteiger partial charge in [-0.25, -0.2) is 4.99 Å². The maximum absolute atomic E-state index is 12.5. The molecule has 2 aliphatic heterocycles. The molecule has 0 bridgehead atoms. The summed E-state index contributed by atoms with van der Waals surface area (Å²) in [6.07, 6.45) is 0.836. The van der Waals surface area contributed by atoms with Gasteiger partial charge in [0.05, 0.1) is 11.6 Å². The van der Waals surface area contributed by atoms with Crippen molar-refractivity contribution in [2.24, 2.45) is 10.9 Å². The molecule has 5 nitrogen and oxygen atoms in total. The van der Waals surface area contributed by atoms with Crippen LogP contribution in [0.3, 0.4) is 0 Å². The number of nitrogens with one attached hydrogen (secondary N) is 1. The van der Waals surface area contributed by atoms with E-state index < -0.39 is 0 Å². The predicted molar refractivity (Wildman–Crippen MR) is 98.1 cm³/mol. The molecule has 0 amide bonds. The standard InChI is InChI=1S/C15H14N4O.3ClH/c20-15-11-9-16-7-6-12(11)17-14-8-13(18-19(14)15)10-4-2-1-3-5-10;;;/h1-5,8,11,16H,6-7,9H2;3*1H. The lowest BCUT2D eigenvalue weighted by molar-refractivity contribution is 0.0848. The molecule has 4 rings (SSSR count). The fourth-order valence-electron chi connectivity index (χ4n) is 2.78. The minimum absolute atomic E-state index is 0. The monoisotopic (exact) mass is 374 g/mol. The molecule has 124 valence electrons. The van der Waals surface area contributed by atoms with E-state index in [-0.39, 0.29) is 49.0 Å². The number of aliphatic imine (C=N–C) groups is 1. The Morgan fingerprint density at radius 3 is 2.61 bits per heavy atom. The maximum atomic E-state index is 12.5. The molecule has 1 atom stereocenters. The van der Waals surface area contributed by atoms with E-state index >= 15 is 0 Å². The first-order valence-corrected chi connectivity index (χ1v) is 6.81. The number of hydrogen-bond donors (Lipinski definition) is 1. The van der Waals surface area contributed by atoms with Crippen LogP contribution >= 0.6 is 37.2 Å². The Balaban J connectivity index is 0.000000882. The van der Waals surface area contributed by atoms with Gasteiger partial charge in [0.25, 0.3) is 5.91 Å². The van der Waals surface area contributed by atoms with Gasteiger partial charge in [0.1, 0.15) is 0 Å². The number of aromatic nitrogens is 2. The van der Waals surface area contributed by atoms with Crippen LogP contribution in [0.2, 0.25) is 0 Å². The quantitative estimate of drug-likeness (QED) is 0.833. The minimum atomic E-state index is -0.153. The summed E-state index contributed by atoms with van der Waals surface area (Å²) in [6, 6.07) is 11.8. The molecule has 0 saturated carbocycles. The highest BCUT2D eigenvalue weighted by Crippen LogP contribution is 2.29. The van der Waals surface area contributed by atoms with Crippen LogP contribution in [0.15, 0.2) is 41.4 Å². The molecule has 0 spiro atoms. The number of carbonyl (C=O) groups excluding carboxylic acids is 1. The fraction of sp³-hybridized carbons (Fsp3) is 0.267. The largest absolute Gasteiger partial charge is 0.315 e. The third-order valence-electron chi connectivity index (χ3n) is 3.83. The first-order valence-electron chi connectivity index (χ1n) is 6.81. The van der Waals surface area contributed by atoms with E-state index in [1.165, 1.54) is 4.68 Å². The Bertz CT molecular complexity index is 715. The van der Waals surface area contributed by atoms with Crippen molar-refractivity contribution in [3.05, 3.63) is 36.4 Å². The zero-order chi connectivity index (χ0) is 13.5. The van der Waals surface area contributed by atoms with E-state index in [0.29, 0.717) is 12.4 Å². The van der Waals surface area contributed by atoms with Crippen LogP contribution < -0.4 is 5.32 Å². The molecule has 0 aliphatic carbocycles. The lowest BCUT2D eigenvalue weighted by Crippen LogP contribution is -2.45. The van der Waals surface area contributed by atoms with Gasteiger partial charge in [0, 0.05) is 30.4 Å². The third-order valence-corrected chi connectivity index (χ3v) is 3.83. The topological polar surface area (TPSA) is 59.3 Å². The molecule has 1 saturated heterocycles. The molecule has 2 aliphatic rings. The van der Waals surface area contributed by atoms with Crippen LogP contribution in [0.4, 0.5) is 5.82 Å². The second-order valence-corrected chi connectivity index (χ2v) is 5.11. The van der Waals surface area contributed by atoms with Gasteiger partial charge >= 0.3 is 0 Å². The molecule has 1 aromatic heterocycles. The number of carbonyl (C=O) groups is 1. The van der Waals surface area contributed by atoms with Crippen LogP contribution in [0, 0.1) is 5.92 Å². The average molecular weight is 376 g/mol. The SMILES string of the molecule is Cl.Cl.Cl.O=C1C2CNCCC2=Nc2cc(-c3ccccc3)nn21. The van der Waals surface area contributed by atoms with Crippen molar-refractivity contribution < 1.29 is 4.79 Å². The van der Waals surface area contributed by atoms with Gasteiger partial charge in [-0.1, -0.05) is 30.3 Å². The van der Waals surface area contributed by atoms with Crippen molar-refractivity contribution in [1.82, 2.24) is 15.1 Å². The molecule has 2 aromatic rings. The summed E-state index contributed by atoms with van der Waals surface area (Å²) in [6.45, 7) is 1.56. The van der Waals surface area contributed by atoms with Crippen LogP contribution in [-0.4, -0.2) is 34.5 Å². The van der Waals surface area contributed by atoms with Crippen LogP contribution in [0.5, 0.6) is 0 Å². The van der Waals surface area contributed by atoms with Gasteiger partial charge in [-0.15, -0.1) is 37.2 Å². The zero-order valence-corrected chi connectivity index (χ0v) is 14.6. The van der Waals surface area contributed by atoms with Crippen molar-refractivity contribution in [1.29, 1.82) is 0 Å². The summed E-state index contributed by atoms with van der Waals surface area (Å²) in [5.41, 5.74) is 2.79. The number of rotatable bonds is 1. The molecular formula is C15H17Cl3N4O. The molecule has 1 aromatic carbocycles. The Hall–Kier alpha value is -1.40. The third kappa shape index (κ3) is 3.43. The summed E-state index contributed by atoms with van der Waals surface area (Å²) >= 11 is 0. The Labute approximate surface area is 152 Å². The van der Waals surface area contributed by atoms with E-state index in [1.807, 2.05) is 36.4 Å². The summed E-state index contributed by atoms with van der Waals surface area (Å²) < 4.78 is 1.45. The highest BCUT2D eigenvalue weighted by Gasteiger charge is 2.34. The van der Waals surface area contributed by atoms with Gasteiger partial charge in [-0.2, -0.15) is 9.78 Å². The first-order chi connectivity index (χ1) is 9.83. The molecule has 0 radical (unpaired) electrons. The van der Waals surface area contributed by atoms with Crippen molar-refractivity contribution >= 4 is 54.7 Å². The number of nitrogens with zero attached hydrogens (tertiary/aromatic N) is 3. The van der Waals surface area contributed by atoms with Gasteiger partial charge in [-0.05, 0) is 6.42 Å². The minimum Gasteiger partial charge on any atom is -0.315 e. The van der Waals surface area contributed by atoms with E-state index in [4.69, 9.17) is 0 Å². The average Bonchev–Trinajstić information content (AvgIpc) is 2.93. The van der Waals surface area contributed by atoms with E-state index in [1.54, 1.807) is 0 Å². The zero-order valence-electron chi connectivity index (χ0n) is 12.1. The molecule has 1 unspecified atom stereocenters. The Kier molecular flexibility index (Phi) is 6.77. The summed E-state index contributed by atoms with van der Waals surface area (Å²) in [5, 5.41) is 7.67. The second-order valence-electron chi connectivity index (χ2n) is 5.11. The number of fused-ring (bicyclic) bond motifs is 2. The molecule has 23 heavy (non-hydrogen) atoms. The smallest absolute Gasteiger partial charge is 0.258 e. The summed E-state index contributed by atoms with van der Waals surface area (Å²) in [5.74, 6) is 0.529. The van der Waals surface area contributed by atoms with Crippen molar-refractivity contribution in [3.63, 3.8) is 0 Å². The van der Waals surface area contributed by atoms with E-state index in [0.717, 1.165) is 29.9 Å². The molecule has 3 heterocycles. The van der Waals surface area contributed by atoms with Gasteiger partial charge < -0.3 is 5.32 Å². The predicted octanol–water partition coefficient (Wildman–Crippen LogP) is 3.15. The van der Waals surface area contributed by atoms with Crippen LogP contribution in [-0.2, 0) is 0 Å². The van der Waals surface area contributed by atoms with Crippen molar-refractivity contribution in [2.75, 3.05) is 13.1 Å². The van der Waals surface area contributed by atoms with Crippen LogP contribution in [0.1, 0.15) is 11.2 Å². The molecule has 1 fully saturated rings. The van der Waals surface area contributed by atoms with Crippen LogP contribution in [0.25, 0.3) is 11.3 Å². The number of halogens is 3. The van der Waals surface area contributed by atoms with Crippen molar-refractivity contribution in [3.8, 4) is 11.3 Å². The second kappa shape index (κ2) is 7.93. The van der Waals surface area contributed by atoms with Gasteiger partial charge in [0.2, 0.25) is 0 Å². The van der Waals surface area contributed by atoms with E-state index in [9.17, 15) is 4.79 Å². The van der Waals surface area contributed by atoms with Gasteiger partial charge in [-0.3, -0.25) is 4.79 Å². The van der Waals surface area contributed by atoms with E-state index in [2.05, 4.69) is 15.4 Å². The number of piperidine rings is 1. The summed E-state index contributed by atoms with van der Waals surface area (Å²) in [7, 11) is 0. The molecule has 1 N–H and O–H groups in total. The highest BCUT2D eigenvalue weighted by atomic mass is 35.5. The summed E-state index contributed by atoms with van der Waals surface area (Å²) in [4.78, 5) is 17.1. The maximum Gasteiger partial charge on any atom is 0.258 e. The van der Waals surface area contributed by atoms with Gasteiger partial charge in [0.15, 0.2) is 5.82 Å². The lowest BCUT2D eigenvalue weighted by atomic mass is 9.95. The first kappa shape index (κ1) is 19.6. The van der Waals surface area contributed by atoms with Crippen molar-refractivity contribution in [2.45, 2.75) is 6.42 Å². The fourth-order valence-corrected chi connectivity index (χ4v) is 2.78. The Morgan fingerprint density at radius 1 is 1.13 bits per heavy atom. The Morgan fingerprint density at radius 2 is 1.87 bits per heavy atom. The molecule has 8 heteroatoms. The molecular weight excluding hydrogens is 359 g/mol.